The van der Waals surface area contributed by atoms with Crippen LogP contribution < -0.4 is 0 Å². The second-order valence-electron chi connectivity index (χ2n) is 11.7. The molecule has 43 heavy (non-hydrogen) atoms. The van der Waals surface area contributed by atoms with E-state index in [0.29, 0.717) is 0 Å². The van der Waals surface area contributed by atoms with Crippen LogP contribution in [0, 0.1) is 0 Å². The lowest BCUT2D eigenvalue weighted by Gasteiger charge is -2.34. The summed E-state index contributed by atoms with van der Waals surface area (Å²) >= 11 is 0. The average molecular weight is 551 g/mol. The van der Waals surface area contributed by atoms with Gasteiger partial charge in [0.05, 0.1) is 5.41 Å². The largest absolute Gasteiger partial charge is 0.508 e. The summed E-state index contributed by atoms with van der Waals surface area (Å²) in [5.74, 6) is 0.532. The van der Waals surface area contributed by atoms with Crippen molar-refractivity contribution in [2.24, 2.45) is 0 Å². The molecular weight excluding hydrogens is 524 g/mol. The predicted molar refractivity (Wildman–Crippen MR) is 177 cm³/mol. The summed E-state index contributed by atoms with van der Waals surface area (Å²) in [6.07, 6.45) is 0. The topological polar surface area (TPSA) is 40.5 Å². The van der Waals surface area contributed by atoms with Crippen LogP contribution in [0.4, 0.5) is 0 Å². The van der Waals surface area contributed by atoms with Crippen LogP contribution in [0.25, 0.3) is 54.2 Å². The fraction of sp³-hybridized carbons (Fsp3) is 0.0244. The van der Waals surface area contributed by atoms with E-state index in [1.807, 2.05) is 24.3 Å². The first-order valence-electron chi connectivity index (χ1n) is 14.6. The quantitative estimate of drug-likeness (QED) is 0.225. The molecule has 0 heterocycles. The van der Waals surface area contributed by atoms with Crippen molar-refractivity contribution in [3.05, 3.63) is 168 Å². The third-order valence-corrected chi connectivity index (χ3v) is 9.43. The Morgan fingerprint density at radius 3 is 1.23 bits per heavy atom. The molecule has 1 aliphatic carbocycles. The summed E-state index contributed by atoms with van der Waals surface area (Å²) in [6.45, 7) is 0. The Bertz CT molecular complexity index is 2260. The molecule has 0 atom stereocenters. The Morgan fingerprint density at radius 2 is 0.744 bits per heavy atom. The van der Waals surface area contributed by atoms with Crippen LogP contribution in [-0.2, 0) is 5.41 Å². The molecule has 0 saturated heterocycles. The van der Waals surface area contributed by atoms with Crippen LogP contribution >= 0.6 is 0 Å². The summed E-state index contributed by atoms with van der Waals surface area (Å²) in [5.41, 5.74) is 6.83. The number of aromatic hydroxyl groups is 2. The van der Waals surface area contributed by atoms with Crippen molar-refractivity contribution in [3.8, 4) is 22.6 Å². The average Bonchev–Trinajstić information content (AvgIpc) is 3.36. The minimum atomic E-state index is -0.600. The standard InChI is InChI=1S/C41H26O2/c42-33-17-11-27-21-31(15-9-29(27)23-33)41(32-16-10-30-24-34(43)18-12-28(30)22-32)37-19-13-25-5-1-3-7-35(25)39(37)40-36-8-4-2-6-26(36)14-20-38(40)41/h1-24,42-43H. The Morgan fingerprint density at radius 1 is 0.349 bits per heavy atom. The van der Waals surface area contributed by atoms with E-state index in [9.17, 15) is 10.2 Å². The molecule has 0 bridgehead atoms. The van der Waals surface area contributed by atoms with E-state index in [4.69, 9.17) is 0 Å². The molecule has 2 heteroatoms. The lowest BCUT2D eigenvalue weighted by Crippen LogP contribution is -2.28. The van der Waals surface area contributed by atoms with Gasteiger partial charge in [-0.25, -0.2) is 0 Å². The number of hydrogen-bond acceptors (Lipinski definition) is 2. The van der Waals surface area contributed by atoms with Gasteiger partial charge in [0.1, 0.15) is 11.5 Å². The molecule has 0 spiro atoms. The molecule has 0 aliphatic heterocycles. The molecule has 0 saturated carbocycles. The maximum Gasteiger partial charge on any atom is 0.116 e. The monoisotopic (exact) mass is 550 g/mol. The molecule has 202 valence electrons. The van der Waals surface area contributed by atoms with Gasteiger partial charge in [-0.2, -0.15) is 0 Å². The lowest BCUT2D eigenvalue weighted by atomic mass is 9.67. The van der Waals surface area contributed by atoms with E-state index < -0.39 is 5.41 Å². The Hall–Kier alpha value is -5.60. The highest BCUT2D eigenvalue weighted by Crippen LogP contribution is 2.59. The number of fused-ring (bicyclic) bond motifs is 9. The van der Waals surface area contributed by atoms with Gasteiger partial charge in [-0.1, -0.05) is 109 Å². The number of benzene rings is 8. The van der Waals surface area contributed by atoms with Crippen LogP contribution in [0.15, 0.2) is 146 Å². The number of rotatable bonds is 2. The molecule has 8 aromatic carbocycles. The van der Waals surface area contributed by atoms with Crippen molar-refractivity contribution in [3.63, 3.8) is 0 Å². The Balaban J connectivity index is 1.50. The van der Waals surface area contributed by atoms with Gasteiger partial charge in [0.25, 0.3) is 0 Å². The second-order valence-corrected chi connectivity index (χ2v) is 11.7. The van der Waals surface area contributed by atoms with Crippen LogP contribution in [0.1, 0.15) is 22.3 Å². The van der Waals surface area contributed by atoms with Gasteiger partial charge in [0, 0.05) is 0 Å². The number of hydrogen-bond donors (Lipinski definition) is 2. The first kappa shape index (κ1) is 24.0. The van der Waals surface area contributed by atoms with Crippen LogP contribution in [0.2, 0.25) is 0 Å². The normalized spacial score (nSPS) is 13.5. The fourth-order valence-electron chi connectivity index (χ4n) is 7.57. The highest BCUT2D eigenvalue weighted by Gasteiger charge is 2.47. The van der Waals surface area contributed by atoms with Crippen molar-refractivity contribution < 1.29 is 10.2 Å². The zero-order valence-electron chi connectivity index (χ0n) is 23.3. The van der Waals surface area contributed by atoms with Crippen molar-refractivity contribution in [1.29, 1.82) is 0 Å². The minimum Gasteiger partial charge on any atom is -0.508 e. The number of phenols is 2. The maximum atomic E-state index is 10.2. The van der Waals surface area contributed by atoms with E-state index in [0.717, 1.165) is 21.5 Å². The predicted octanol–water partition coefficient (Wildman–Crippen LogP) is 10.1. The van der Waals surface area contributed by atoms with E-state index in [-0.39, 0.29) is 11.5 Å². The molecule has 1 aliphatic rings. The Labute approximate surface area is 248 Å². The SMILES string of the molecule is Oc1ccc2cc(C3(c4ccc5cc(O)ccc5c4)c4ccc5ccccc5c4-c4c3ccc3ccccc43)ccc2c1. The zero-order chi connectivity index (χ0) is 28.7. The number of phenolic OH excluding ortho intramolecular Hbond substituents is 2. The summed E-state index contributed by atoms with van der Waals surface area (Å²) < 4.78 is 0. The molecule has 0 fully saturated rings. The van der Waals surface area contributed by atoms with Gasteiger partial charge in [-0.15, -0.1) is 0 Å². The molecular formula is C41H26O2. The lowest BCUT2D eigenvalue weighted by molar-refractivity contribution is 0.475. The van der Waals surface area contributed by atoms with Crippen molar-refractivity contribution in [2.45, 2.75) is 5.41 Å². The minimum absolute atomic E-state index is 0.266. The van der Waals surface area contributed by atoms with Crippen molar-refractivity contribution >= 4 is 43.1 Å². The fourth-order valence-corrected chi connectivity index (χ4v) is 7.57. The second kappa shape index (κ2) is 8.70. The highest BCUT2D eigenvalue weighted by molar-refractivity contribution is 6.12. The van der Waals surface area contributed by atoms with Crippen LogP contribution in [-0.4, -0.2) is 10.2 Å². The zero-order valence-corrected chi connectivity index (χ0v) is 23.3. The molecule has 2 nitrogen and oxygen atoms in total. The first-order valence-corrected chi connectivity index (χ1v) is 14.6. The van der Waals surface area contributed by atoms with Crippen LogP contribution in [0.5, 0.6) is 11.5 Å². The van der Waals surface area contributed by atoms with Crippen molar-refractivity contribution in [1.82, 2.24) is 0 Å². The van der Waals surface area contributed by atoms with Gasteiger partial charge < -0.3 is 10.2 Å². The van der Waals surface area contributed by atoms with E-state index in [1.165, 1.54) is 54.9 Å². The third-order valence-electron chi connectivity index (χ3n) is 9.43. The van der Waals surface area contributed by atoms with Gasteiger partial charge >= 0.3 is 0 Å². The van der Waals surface area contributed by atoms with E-state index in [2.05, 4.69) is 109 Å². The Kier molecular flexibility index (Phi) is 4.87. The van der Waals surface area contributed by atoms with Crippen LogP contribution in [0.3, 0.4) is 0 Å². The molecule has 0 radical (unpaired) electrons. The van der Waals surface area contributed by atoms with Gasteiger partial charge in [0.15, 0.2) is 0 Å². The molecule has 8 aromatic rings. The van der Waals surface area contributed by atoms with Gasteiger partial charge in [0.2, 0.25) is 0 Å². The maximum absolute atomic E-state index is 10.2. The summed E-state index contributed by atoms with van der Waals surface area (Å²) in [6, 6.07) is 51.1. The molecule has 2 N–H and O–H groups in total. The van der Waals surface area contributed by atoms with E-state index >= 15 is 0 Å². The molecule has 9 rings (SSSR count). The van der Waals surface area contributed by atoms with Crippen molar-refractivity contribution in [2.75, 3.05) is 0 Å². The summed E-state index contributed by atoms with van der Waals surface area (Å²) in [5, 5.41) is 29.5. The molecule has 0 aromatic heterocycles. The third kappa shape index (κ3) is 3.29. The molecule has 0 amide bonds. The first-order chi connectivity index (χ1) is 21.1. The highest BCUT2D eigenvalue weighted by atomic mass is 16.3. The summed E-state index contributed by atoms with van der Waals surface area (Å²) in [7, 11) is 0. The van der Waals surface area contributed by atoms with E-state index in [1.54, 1.807) is 12.1 Å². The van der Waals surface area contributed by atoms with Gasteiger partial charge in [-0.05, 0) is 113 Å². The summed E-state index contributed by atoms with van der Waals surface area (Å²) in [4.78, 5) is 0. The van der Waals surface area contributed by atoms with Gasteiger partial charge in [-0.3, -0.25) is 0 Å². The smallest absolute Gasteiger partial charge is 0.116 e. The molecule has 0 unspecified atom stereocenters.